The van der Waals surface area contributed by atoms with E-state index >= 15 is 0 Å². The van der Waals surface area contributed by atoms with Gasteiger partial charge in [-0.3, -0.25) is 9.59 Å². The van der Waals surface area contributed by atoms with E-state index in [9.17, 15) is 9.59 Å². The van der Waals surface area contributed by atoms with Crippen molar-refractivity contribution in [2.24, 2.45) is 17.3 Å². The van der Waals surface area contributed by atoms with Crippen molar-refractivity contribution in [3.63, 3.8) is 0 Å². The summed E-state index contributed by atoms with van der Waals surface area (Å²) >= 11 is 0. The number of hydrogen-bond acceptors (Lipinski definition) is 2. The van der Waals surface area contributed by atoms with E-state index < -0.39 is 5.97 Å². The van der Waals surface area contributed by atoms with Gasteiger partial charge in [0.25, 0.3) is 0 Å². The van der Waals surface area contributed by atoms with Crippen LogP contribution in [0.15, 0.2) is 0 Å². The van der Waals surface area contributed by atoms with Gasteiger partial charge < -0.3 is 10.4 Å². The van der Waals surface area contributed by atoms with Crippen LogP contribution >= 0.6 is 0 Å². The summed E-state index contributed by atoms with van der Waals surface area (Å²) in [5, 5.41) is 11.6. The van der Waals surface area contributed by atoms with E-state index in [1.807, 2.05) is 0 Å². The van der Waals surface area contributed by atoms with Gasteiger partial charge in [-0.2, -0.15) is 0 Å². The summed E-state index contributed by atoms with van der Waals surface area (Å²) in [5.41, 5.74) is 0.153. The van der Waals surface area contributed by atoms with Gasteiger partial charge in [-0.1, -0.05) is 13.8 Å². The van der Waals surface area contributed by atoms with Crippen molar-refractivity contribution in [2.45, 2.75) is 39.2 Å². The first-order chi connectivity index (χ1) is 6.90. The van der Waals surface area contributed by atoms with Gasteiger partial charge in [0.2, 0.25) is 5.91 Å². The molecule has 2 fully saturated rings. The molecule has 1 atom stereocenters. The largest absolute Gasteiger partial charge is 0.481 e. The highest BCUT2D eigenvalue weighted by Gasteiger charge is 2.51. The normalized spacial score (nSPS) is 36.5. The van der Waals surface area contributed by atoms with Crippen molar-refractivity contribution in [1.29, 1.82) is 0 Å². The molecule has 2 saturated carbocycles. The van der Waals surface area contributed by atoms with E-state index in [4.69, 9.17) is 5.11 Å². The zero-order chi connectivity index (χ0) is 11.2. The molecule has 4 nitrogen and oxygen atoms in total. The van der Waals surface area contributed by atoms with Crippen molar-refractivity contribution >= 4 is 11.9 Å². The number of hydrogen-bond donors (Lipinski definition) is 2. The third-order valence-electron chi connectivity index (χ3n) is 3.66. The van der Waals surface area contributed by atoms with Crippen LogP contribution in [-0.4, -0.2) is 23.0 Å². The quantitative estimate of drug-likeness (QED) is 0.732. The predicted octanol–water partition coefficient (Wildman–Crippen LogP) is 1.01. The molecular formula is C11H17NO3. The minimum atomic E-state index is -0.743. The van der Waals surface area contributed by atoms with Crippen molar-refractivity contribution in [1.82, 2.24) is 5.32 Å². The van der Waals surface area contributed by atoms with Crippen LogP contribution in [0.5, 0.6) is 0 Å². The molecule has 2 N–H and O–H groups in total. The molecule has 2 aliphatic rings. The highest BCUT2D eigenvalue weighted by Crippen LogP contribution is 2.51. The van der Waals surface area contributed by atoms with E-state index in [0.717, 1.165) is 6.42 Å². The molecule has 1 unspecified atom stereocenters. The first-order valence-corrected chi connectivity index (χ1v) is 5.43. The Bertz CT molecular complexity index is 305. The Morgan fingerprint density at radius 1 is 1.33 bits per heavy atom. The SMILES string of the molecule is CC1(C)CC1C(=O)NC1CC(C(=O)O)C1. The molecule has 0 spiro atoms. The van der Waals surface area contributed by atoms with Gasteiger partial charge in [0, 0.05) is 12.0 Å². The Kier molecular flexibility index (Phi) is 2.24. The molecule has 4 heteroatoms. The lowest BCUT2D eigenvalue weighted by molar-refractivity contribution is -0.146. The molecule has 0 aromatic rings. The highest BCUT2D eigenvalue weighted by molar-refractivity contribution is 5.83. The first kappa shape index (κ1) is 10.5. The number of carbonyl (C=O) groups is 2. The van der Waals surface area contributed by atoms with E-state index in [1.54, 1.807) is 0 Å². The number of carboxylic acid groups (broad SMARTS) is 1. The number of carbonyl (C=O) groups excluding carboxylic acids is 1. The second-order valence-corrected chi connectivity index (χ2v) is 5.46. The molecule has 0 bridgehead atoms. The minimum Gasteiger partial charge on any atom is -0.481 e. The maximum Gasteiger partial charge on any atom is 0.306 e. The Morgan fingerprint density at radius 3 is 2.27 bits per heavy atom. The number of carboxylic acids is 1. The van der Waals surface area contributed by atoms with Gasteiger partial charge in [-0.25, -0.2) is 0 Å². The number of aliphatic carboxylic acids is 1. The molecule has 0 radical (unpaired) electrons. The van der Waals surface area contributed by atoms with Crippen LogP contribution in [0.1, 0.15) is 33.1 Å². The zero-order valence-electron chi connectivity index (χ0n) is 9.12. The Hall–Kier alpha value is -1.06. The van der Waals surface area contributed by atoms with Gasteiger partial charge in [0.05, 0.1) is 5.92 Å². The summed E-state index contributed by atoms with van der Waals surface area (Å²) in [6, 6.07) is 0.0926. The lowest BCUT2D eigenvalue weighted by atomic mass is 9.80. The van der Waals surface area contributed by atoms with Gasteiger partial charge >= 0.3 is 5.97 Å². The maximum absolute atomic E-state index is 11.6. The highest BCUT2D eigenvalue weighted by atomic mass is 16.4. The van der Waals surface area contributed by atoms with Crippen molar-refractivity contribution in [3.05, 3.63) is 0 Å². The molecular weight excluding hydrogens is 194 g/mol. The Balaban J connectivity index is 1.72. The summed E-state index contributed by atoms with van der Waals surface area (Å²) in [5.74, 6) is -0.745. The molecule has 1 amide bonds. The molecule has 0 aliphatic heterocycles. The van der Waals surface area contributed by atoms with Gasteiger partial charge in [0.1, 0.15) is 0 Å². The van der Waals surface area contributed by atoms with E-state index in [1.165, 1.54) is 0 Å². The Morgan fingerprint density at radius 2 is 1.87 bits per heavy atom. The summed E-state index contributed by atoms with van der Waals surface area (Å²) in [6.07, 6.45) is 2.14. The molecule has 84 valence electrons. The van der Waals surface area contributed by atoms with E-state index in [0.29, 0.717) is 12.8 Å². The topological polar surface area (TPSA) is 66.4 Å². The van der Waals surface area contributed by atoms with Crippen LogP contribution in [0.2, 0.25) is 0 Å². The first-order valence-electron chi connectivity index (χ1n) is 5.43. The molecule has 0 aromatic heterocycles. The summed E-state index contributed by atoms with van der Waals surface area (Å²) in [6.45, 7) is 4.16. The van der Waals surface area contributed by atoms with Gasteiger partial charge in [0.15, 0.2) is 0 Å². The molecule has 15 heavy (non-hydrogen) atoms. The lowest BCUT2D eigenvalue weighted by Crippen LogP contribution is -2.47. The van der Waals surface area contributed by atoms with Crippen molar-refractivity contribution in [2.75, 3.05) is 0 Å². The minimum absolute atomic E-state index is 0.0926. The smallest absolute Gasteiger partial charge is 0.306 e. The molecule has 2 rings (SSSR count). The average molecular weight is 211 g/mol. The van der Waals surface area contributed by atoms with Crippen LogP contribution in [-0.2, 0) is 9.59 Å². The van der Waals surface area contributed by atoms with Gasteiger partial charge in [-0.15, -0.1) is 0 Å². The fourth-order valence-electron chi connectivity index (χ4n) is 2.15. The van der Waals surface area contributed by atoms with Crippen LogP contribution in [0.3, 0.4) is 0 Å². The summed E-state index contributed by atoms with van der Waals surface area (Å²) < 4.78 is 0. The van der Waals surface area contributed by atoms with E-state index in [2.05, 4.69) is 19.2 Å². The monoisotopic (exact) mass is 211 g/mol. The molecule has 2 aliphatic carbocycles. The average Bonchev–Trinajstić information content (AvgIpc) is 2.65. The van der Waals surface area contributed by atoms with Crippen LogP contribution in [0.25, 0.3) is 0 Å². The third kappa shape index (κ3) is 1.98. The van der Waals surface area contributed by atoms with E-state index in [-0.39, 0.29) is 29.2 Å². The molecule has 0 saturated heterocycles. The second-order valence-electron chi connectivity index (χ2n) is 5.46. The number of amides is 1. The zero-order valence-corrected chi connectivity index (χ0v) is 9.12. The van der Waals surface area contributed by atoms with Crippen LogP contribution in [0.4, 0.5) is 0 Å². The summed E-state index contributed by atoms with van der Waals surface area (Å²) in [7, 11) is 0. The van der Waals surface area contributed by atoms with Crippen LogP contribution < -0.4 is 5.32 Å². The third-order valence-corrected chi connectivity index (χ3v) is 3.66. The fraction of sp³-hybridized carbons (Fsp3) is 0.818. The maximum atomic E-state index is 11.6. The number of rotatable bonds is 3. The van der Waals surface area contributed by atoms with Gasteiger partial charge in [-0.05, 0) is 24.7 Å². The van der Waals surface area contributed by atoms with Crippen molar-refractivity contribution in [3.8, 4) is 0 Å². The molecule has 0 heterocycles. The predicted molar refractivity (Wildman–Crippen MR) is 54.2 cm³/mol. The molecule has 0 aromatic carbocycles. The number of nitrogens with one attached hydrogen (secondary N) is 1. The van der Waals surface area contributed by atoms with Crippen molar-refractivity contribution < 1.29 is 14.7 Å². The lowest BCUT2D eigenvalue weighted by Gasteiger charge is -2.33. The Labute approximate surface area is 89.0 Å². The standard InChI is InChI=1S/C11H17NO3/c1-11(2)5-8(11)9(13)12-7-3-6(4-7)10(14)15/h6-8H,3-5H2,1-2H3,(H,12,13)(H,14,15). The second kappa shape index (κ2) is 3.22. The fourth-order valence-corrected chi connectivity index (χ4v) is 2.15. The van der Waals surface area contributed by atoms with Crippen LogP contribution in [0, 0.1) is 17.3 Å². The summed E-state index contributed by atoms with van der Waals surface area (Å²) in [4.78, 5) is 22.2.